The number of rotatable bonds is 2. The number of hydrogen-bond donors (Lipinski definition) is 1. The Balaban J connectivity index is 1.68. The summed E-state index contributed by atoms with van der Waals surface area (Å²) in [6.07, 6.45) is -3.28. The number of carbonyl (C=O) groups excluding carboxylic acids is 3. The van der Waals surface area contributed by atoms with Crippen LogP contribution in [0.1, 0.15) is 11.1 Å². The van der Waals surface area contributed by atoms with Crippen LogP contribution >= 0.6 is 0 Å². The van der Waals surface area contributed by atoms with E-state index >= 15 is 0 Å². The first-order valence-corrected chi connectivity index (χ1v) is 10.2. The molecule has 1 aliphatic rings. The molecule has 0 saturated carbocycles. The molecule has 1 saturated heterocycles. The number of barbiturate groups is 1. The summed E-state index contributed by atoms with van der Waals surface area (Å²) in [5.41, 5.74) is -1.09. The van der Waals surface area contributed by atoms with Gasteiger partial charge in [-0.05, 0) is 57.4 Å². The molecule has 1 aliphatic heterocycles. The van der Waals surface area contributed by atoms with E-state index < -0.39 is 29.6 Å². The molecule has 5 nitrogen and oxygen atoms in total. The number of hydrogen-bond acceptors (Lipinski definition) is 3. The van der Waals surface area contributed by atoms with Crippen molar-refractivity contribution in [1.82, 2.24) is 5.32 Å². The van der Waals surface area contributed by atoms with Crippen molar-refractivity contribution in [3.05, 3.63) is 95.6 Å². The third kappa shape index (κ3) is 3.59. The van der Waals surface area contributed by atoms with Gasteiger partial charge in [-0.2, -0.15) is 13.2 Å². The first-order chi connectivity index (χ1) is 16.2. The molecule has 5 rings (SSSR count). The summed E-state index contributed by atoms with van der Waals surface area (Å²) in [5, 5.41) is 5.36. The summed E-state index contributed by atoms with van der Waals surface area (Å²) in [6.45, 7) is 0. The zero-order chi connectivity index (χ0) is 24.0. The molecule has 1 heterocycles. The van der Waals surface area contributed by atoms with Crippen molar-refractivity contribution in [2.45, 2.75) is 6.18 Å². The number of amides is 4. The van der Waals surface area contributed by atoms with Gasteiger partial charge in [0.15, 0.2) is 0 Å². The second kappa shape index (κ2) is 7.84. The monoisotopic (exact) mass is 460 g/mol. The van der Waals surface area contributed by atoms with Crippen LogP contribution in [0.25, 0.3) is 27.6 Å². The summed E-state index contributed by atoms with van der Waals surface area (Å²) in [4.78, 5) is 38.9. The van der Waals surface area contributed by atoms with Gasteiger partial charge in [-0.1, -0.05) is 54.6 Å². The van der Waals surface area contributed by atoms with Crippen molar-refractivity contribution in [2.75, 3.05) is 4.90 Å². The lowest BCUT2D eigenvalue weighted by Gasteiger charge is -2.27. The summed E-state index contributed by atoms with van der Waals surface area (Å²) in [6, 6.07) is 19.5. The number of carbonyl (C=O) groups is 3. The minimum atomic E-state index is -4.67. The molecule has 4 aromatic carbocycles. The van der Waals surface area contributed by atoms with Crippen molar-refractivity contribution in [1.29, 1.82) is 0 Å². The number of nitrogens with zero attached hydrogens (tertiary/aromatic N) is 1. The van der Waals surface area contributed by atoms with Crippen LogP contribution in [-0.4, -0.2) is 17.8 Å². The van der Waals surface area contributed by atoms with Crippen molar-refractivity contribution in [2.24, 2.45) is 0 Å². The van der Waals surface area contributed by atoms with E-state index in [9.17, 15) is 27.6 Å². The lowest BCUT2D eigenvalue weighted by Crippen LogP contribution is -2.54. The molecule has 0 unspecified atom stereocenters. The van der Waals surface area contributed by atoms with Gasteiger partial charge in [-0.15, -0.1) is 0 Å². The van der Waals surface area contributed by atoms with E-state index in [2.05, 4.69) is 5.32 Å². The topological polar surface area (TPSA) is 66.5 Å². The molecular weight excluding hydrogens is 445 g/mol. The van der Waals surface area contributed by atoms with Gasteiger partial charge < -0.3 is 0 Å². The fraction of sp³-hybridized carbons (Fsp3) is 0.0385. The van der Waals surface area contributed by atoms with Gasteiger partial charge in [0, 0.05) is 0 Å². The number of imide groups is 2. The number of halogens is 3. The highest BCUT2D eigenvalue weighted by atomic mass is 19.4. The molecule has 0 aliphatic carbocycles. The molecule has 4 amide bonds. The Bertz CT molecular complexity index is 1490. The average Bonchev–Trinajstić information content (AvgIpc) is 2.80. The number of urea groups is 1. The molecule has 4 aromatic rings. The highest BCUT2D eigenvalue weighted by Gasteiger charge is 2.38. The highest BCUT2D eigenvalue weighted by molar-refractivity contribution is 6.39. The van der Waals surface area contributed by atoms with Crippen LogP contribution in [0.4, 0.5) is 23.7 Å². The minimum absolute atomic E-state index is 0.293. The van der Waals surface area contributed by atoms with Gasteiger partial charge in [0.1, 0.15) is 5.57 Å². The van der Waals surface area contributed by atoms with E-state index in [0.29, 0.717) is 16.5 Å². The van der Waals surface area contributed by atoms with Crippen LogP contribution in [0.2, 0.25) is 0 Å². The molecule has 168 valence electrons. The lowest BCUT2D eigenvalue weighted by atomic mass is 9.94. The third-order valence-corrected chi connectivity index (χ3v) is 5.63. The Morgan fingerprint density at radius 1 is 0.765 bits per heavy atom. The Morgan fingerprint density at radius 3 is 2.00 bits per heavy atom. The summed E-state index contributed by atoms with van der Waals surface area (Å²) < 4.78 is 39.5. The second-order valence-corrected chi connectivity index (χ2v) is 7.74. The number of benzene rings is 4. The maximum atomic E-state index is 13.3. The zero-order valence-corrected chi connectivity index (χ0v) is 17.4. The lowest BCUT2D eigenvalue weighted by molar-refractivity contribution is -0.137. The molecule has 1 fully saturated rings. The van der Waals surface area contributed by atoms with E-state index in [1.165, 1.54) is 12.1 Å². The normalized spacial score (nSPS) is 15.9. The maximum absolute atomic E-state index is 13.3. The Hall–Kier alpha value is -4.46. The van der Waals surface area contributed by atoms with E-state index in [4.69, 9.17) is 0 Å². The highest BCUT2D eigenvalue weighted by Crippen LogP contribution is 2.34. The minimum Gasteiger partial charge on any atom is -0.273 e. The molecule has 8 heteroatoms. The van der Waals surface area contributed by atoms with Gasteiger partial charge >= 0.3 is 12.2 Å². The van der Waals surface area contributed by atoms with Crippen LogP contribution in [-0.2, 0) is 15.8 Å². The van der Waals surface area contributed by atoms with Crippen LogP contribution in [0, 0.1) is 0 Å². The first-order valence-electron chi connectivity index (χ1n) is 10.2. The van der Waals surface area contributed by atoms with E-state index in [1.54, 1.807) is 0 Å². The molecule has 0 bridgehead atoms. The van der Waals surface area contributed by atoms with E-state index in [1.807, 2.05) is 54.6 Å². The van der Waals surface area contributed by atoms with Gasteiger partial charge in [0.05, 0.1) is 11.3 Å². The van der Waals surface area contributed by atoms with Gasteiger partial charge in [-0.25, -0.2) is 9.69 Å². The summed E-state index contributed by atoms with van der Waals surface area (Å²) in [7, 11) is 0. The van der Waals surface area contributed by atoms with Crippen molar-refractivity contribution in [3.8, 4) is 0 Å². The molecular formula is C26H15F3N2O3. The SMILES string of the molecule is O=C1NC(=O)N(c2cccc(C(F)(F)F)c2)C(=O)/C1=C\c1c2ccccc2cc2ccccc12. The first kappa shape index (κ1) is 21.4. The van der Waals surface area contributed by atoms with Crippen molar-refractivity contribution in [3.63, 3.8) is 0 Å². The number of fused-ring (bicyclic) bond motifs is 2. The summed E-state index contributed by atoms with van der Waals surface area (Å²) >= 11 is 0. The fourth-order valence-electron chi connectivity index (χ4n) is 4.06. The van der Waals surface area contributed by atoms with Gasteiger partial charge in [-0.3, -0.25) is 14.9 Å². The number of nitrogens with one attached hydrogen (secondary N) is 1. The van der Waals surface area contributed by atoms with Crippen LogP contribution < -0.4 is 10.2 Å². The molecule has 0 spiro atoms. The Labute approximate surface area is 191 Å². The Morgan fingerprint density at radius 2 is 1.38 bits per heavy atom. The van der Waals surface area contributed by atoms with E-state index in [-0.39, 0.29) is 11.3 Å². The quantitative estimate of drug-likeness (QED) is 0.238. The van der Waals surface area contributed by atoms with Crippen molar-refractivity contribution < 1.29 is 27.6 Å². The molecule has 1 N–H and O–H groups in total. The molecule has 0 aromatic heterocycles. The molecule has 0 radical (unpaired) electrons. The number of alkyl halides is 3. The number of anilines is 1. The smallest absolute Gasteiger partial charge is 0.273 e. The Kier molecular flexibility index (Phi) is 4.93. The van der Waals surface area contributed by atoms with Crippen LogP contribution in [0.5, 0.6) is 0 Å². The molecule has 0 atom stereocenters. The van der Waals surface area contributed by atoms with Crippen LogP contribution in [0.15, 0.2) is 84.4 Å². The maximum Gasteiger partial charge on any atom is 0.416 e. The largest absolute Gasteiger partial charge is 0.416 e. The molecule has 34 heavy (non-hydrogen) atoms. The summed E-state index contributed by atoms with van der Waals surface area (Å²) in [5.74, 6) is -1.93. The van der Waals surface area contributed by atoms with Crippen LogP contribution in [0.3, 0.4) is 0 Å². The zero-order valence-electron chi connectivity index (χ0n) is 17.4. The van der Waals surface area contributed by atoms with Gasteiger partial charge in [0.25, 0.3) is 11.8 Å². The third-order valence-electron chi connectivity index (χ3n) is 5.63. The second-order valence-electron chi connectivity index (χ2n) is 7.74. The van der Waals surface area contributed by atoms with E-state index in [0.717, 1.165) is 33.7 Å². The predicted molar refractivity (Wildman–Crippen MR) is 122 cm³/mol. The fourth-order valence-corrected chi connectivity index (χ4v) is 4.06. The van der Waals surface area contributed by atoms with Crippen molar-refractivity contribution >= 4 is 51.2 Å². The average molecular weight is 460 g/mol. The van der Waals surface area contributed by atoms with Gasteiger partial charge in [0.2, 0.25) is 0 Å². The predicted octanol–water partition coefficient (Wildman–Crippen LogP) is 5.68. The standard InChI is InChI=1S/C26H15F3N2O3/c27-26(28,29)17-8-5-9-18(13-17)31-24(33)22(23(32)30-25(31)34)14-21-19-10-3-1-6-15(19)12-16-7-2-4-11-20(16)21/h1-14H,(H,30,32,34)/b22-14-.